The number of nitro benzene ring substituents is 1. The van der Waals surface area contributed by atoms with Crippen molar-refractivity contribution in [2.45, 2.75) is 6.54 Å². The number of hydrogen-bond acceptors (Lipinski definition) is 6. The molecule has 0 saturated carbocycles. The maximum atomic E-state index is 13.0. The summed E-state index contributed by atoms with van der Waals surface area (Å²) >= 11 is 3.44. The first kappa shape index (κ1) is 19.0. The van der Waals surface area contributed by atoms with Crippen LogP contribution in [0.15, 0.2) is 45.7 Å². The highest BCUT2D eigenvalue weighted by molar-refractivity contribution is 9.10. The van der Waals surface area contributed by atoms with E-state index in [0.717, 1.165) is 4.47 Å². The van der Waals surface area contributed by atoms with Crippen LogP contribution in [0, 0.1) is 10.1 Å². The molecule has 1 aromatic heterocycles. The molecule has 0 atom stereocenters. The second-order valence-corrected chi connectivity index (χ2v) is 6.55. The van der Waals surface area contributed by atoms with Crippen molar-refractivity contribution in [1.82, 2.24) is 9.55 Å². The third kappa shape index (κ3) is 3.69. The lowest BCUT2D eigenvalue weighted by Gasteiger charge is -2.14. The molecule has 3 rings (SSSR count). The highest BCUT2D eigenvalue weighted by Crippen LogP contribution is 2.30. The molecular weight excluding hydrogens is 418 g/mol. The molecular formula is C18H16BrN3O5. The van der Waals surface area contributed by atoms with E-state index in [9.17, 15) is 14.9 Å². The minimum absolute atomic E-state index is 0.153. The van der Waals surface area contributed by atoms with E-state index < -0.39 is 4.92 Å². The summed E-state index contributed by atoms with van der Waals surface area (Å²) in [6, 6.07) is 9.45. The van der Waals surface area contributed by atoms with Crippen molar-refractivity contribution in [2.24, 2.45) is 0 Å². The van der Waals surface area contributed by atoms with Crippen molar-refractivity contribution >= 4 is 32.5 Å². The predicted octanol–water partition coefficient (Wildman–Crippen LogP) is 3.39. The zero-order chi connectivity index (χ0) is 19.6. The molecule has 0 aliphatic heterocycles. The zero-order valence-electron chi connectivity index (χ0n) is 14.6. The van der Waals surface area contributed by atoms with Gasteiger partial charge >= 0.3 is 0 Å². The average Bonchev–Trinajstić information content (AvgIpc) is 2.66. The molecule has 0 unspecified atom stereocenters. The SMILES string of the molecule is COCCn1c(-c2ccc(OC)c(Br)c2)nc2ccc([N+](=O)[O-])cc2c1=O. The number of nitrogens with zero attached hydrogens (tertiary/aromatic N) is 3. The molecule has 0 aliphatic carbocycles. The average molecular weight is 434 g/mol. The molecule has 1 heterocycles. The van der Waals surface area contributed by atoms with Gasteiger partial charge in [0.2, 0.25) is 0 Å². The molecule has 0 saturated heterocycles. The van der Waals surface area contributed by atoms with E-state index in [1.165, 1.54) is 29.9 Å². The fraction of sp³-hybridized carbons (Fsp3) is 0.222. The van der Waals surface area contributed by atoms with Crippen molar-refractivity contribution in [2.75, 3.05) is 20.8 Å². The van der Waals surface area contributed by atoms with Gasteiger partial charge in [0, 0.05) is 24.8 Å². The fourth-order valence-corrected chi connectivity index (χ4v) is 3.28. The van der Waals surface area contributed by atoms with Gasteiger partial charge in [0.05, 0.1) is 40.6 Å². The maximum absolute atomic E-state index is 13.0. The first-order chi connectivity index (χ1) is 13.0. The minimum Gasteiger partial charge on any atom is -0.496 e. The van der Waals surface area contributed by atoms with Crippen LogP contribution >= 0.6 is 15.9 Å². The van der Waals surface area contributed by atoms with Crippen LogP contribution in [0.2, 0.25) is 0 Å². The number of hydrogen-bond donors (Lipinski definition) is 0. The van der Waals surface area contributed by atoms with Crippen molar-refractivity contribution in [3.05, 3.63) is 61.3 Å². The largest absolute Gasteiger partial charge is 0.496 e. The Morgan fingerprint density at radius 3 is 2.63 bits per heavy atom. The molecule has 2 aromatic carbocycles. The molecule has 0 N–H and O–H groups in total. The number of halogens is 1. The summed E-state index contributed by atoms with van der Waals surface area (Å²) in [4.78, 5) is 28.1. The van der Waals surface area contributed by atoms with Crippen LogP contribution in [0.1, 0.15) is 0 Å². The monoisotopic (exact) mass is 433 g/mol. The summed E-state index contributed by atoms with van der Waals surface area (Å²) in [5.41, 5.74) is 0.583. The number of ether oxygens (including phenoxy) is 2. The fourth-order valence-electron chi connectivity index (χ4n) is 2.74. The van der Waals surface area contributed by atoms with E-state index in [4.69, 9.17) is 9.47 Å². The highest BCUT2D eigenvalue weighted by atomic mass is 79.9. The van der Waals surface area contributed by atoms with Gasteiger partial charge in [0.1, 0.15) is 11.6 Å². The quantitative estimate of drug-likeness (QED) is 0.436. The van der Waals surface area contributed by atoms with Crippen molar-refractivity contribution in [3.63, 3.8) is 0 Å². The Kier molecular flexibility index (Phi) is 5.52. The van der Waals surface area contributed by atoms with Crippen molar-refractivity contribution < 1.29 is 14.4 Å². The molecule has 140 valence electrons. The Morgan fingerprint density at radius 1 is 1.22 bits per heavy atom. The lowest BCUT2D eigenvalue weighted by atomic mass is 10.1. The van der Waals surface area contributed by atoms with Crippen LogP contribution in [0.4, 0.5) is 5.69 Å². The van der Waals surface area contributed by atoms with Gasteiger partial charge in [-0.2, -0.15) is 0 Å². The van der Waals surface area contributed by atoms with Gasteiger partial charge in [0.25, 0.3) is 11.2 Å². The van der Waals surface area contributed by atoms with E-state index in [1.54, 1.807) is 25.3 Å². The number of methoxy groups -OCH3 is 2. The van der Waals surface area contributed by atoms with Gasteiger partial charge in [-0.1, -0.05) is 0 Å². The van der Waals surface area contributed by atoms with E-state index in [-0.39, 0.29) is 23.2 Å². The third-order valence-corrected chi connectivity index (χ3v) is 4.70. The lowest BCUT2D eigenvalue weighted by Crippen LogP contribution is -2.25. The summed E-state index contributed by atoms with van der Waals surface area (Å²) in [6.07, 6.45) is 0. The standard InChI is InChI=1S/C18H16BrN3O5/c1-26-8-7-21-17(11-3-6-16(27-2)14(19)9-11)20-15-5-4-12(22(24)25)10-13(15)18(21)23/h3-6,9-10H,7-8H2,1-2H3. The van der Waals surface area contributed by atoms with Gasteiger partial charge in [-0.15, -0.1) is 0 Å². The van der Waals surface area contributed by atoms with E-state index in [1.807, 2.05) is 0 Å². The van der Waals surface area contributed by atoms with E-state index >= 15 is 0 Å². The molecule has 8 nitrogen and oxygen atoms in total. The van der Waals surface area contributed by atoms with Gasteiger partial charge in [-0.25, -0.2) is 4.98 Å². The first-order valence-electron chi connectivity index (χ1n) is 7.98. The predicted molar refractivity (Wildman–Crippen MR) is 104 cm³/mol. The smallest absolute Gasteiger partial charge is 0.270 e. The van der Waals surface area contributed by atoms with Crippen LogP contribution < -0.4 is 10.3 Å². The topological polar surface area (TPSA) is 96.5 Å². The molecule has 0 radical (unpaired) electrons. The summed E-state index contributed by atoms with van der Waals surface area (Å²) in [5, 5.41) is 11.2. The highest BCUT2D eigenvalue weighted by Gasteiger charge is 2.16. The summed E-state index contributed by atoms with van der Waals surface area (Å²) < 4.78 is 12.5. The van der Waals surface area contributed by atoms with Crippen molar-refractivity contribution in [3.8, 4) is 17.1 Å². The minimum atomic E-state index is -0.535. The molecule has 0 bridgehead atoms. The molecule has 0 spiro atoms. The Balaban J connectivity index is 2.27. The van der Waals surface area contributed by atoms with E-state index in [2.05, 4.69) is 20.9 Å². The maximum Gasteiger partial charge on any atom is 0.270 e. The first-order valence-corrected chi connectivity index (χ1v) is 8.77. The normalized spacial score (nSPS) is 10.9. The molecule has 0 amide bonds. The van der Waals surface area contributed by atoms with Crippen LogP contribution in [0.5, 0.6) is 5.75 Å². The second-order valence-electron chi connectivity index (χ2n) is 5.69. The zero-order valence-corrected chi connectivity index (χ0v) is 16.2. The summed E-state index contributed by atoms with van der Waals surface area (Å²) in [7, 11) is 3.10. The van der Waals surface area contributed by atoms with Crippen LogP contribution in [-0.4, -0.2) is 35.3 Å². The van der Waals surface area contributed by atoms with Gasteiger partial charge in [-0.05, 0) is 40.2 Å². The Labute approximate surface area is 162 Å². The number of rotatable bonds is 6. The number of benzene rings is 2. The summed E-state index contributed by atoms with van der Waals surface area (Å²) in [5.74, 6) is 1.10. The van der Waals surface area contributed by atoms with Gasteiger partial charge in [-0.3, -0.25) is 19.5 Å². The van der Waals surface area contributed by atoms with E-state index in [0.29, 0.717) is 29.3 Å². The molecule has 0 fully saturated rings. The van der Waals surface area contributed by atoms with Gasteiger partial charge in [0.15, 0.2) is 0 Å². The lowest BCUT2D eigenvalue weighted by molar-refractivity contribution is -0.384. The number of nitro groups is 1. The van der Waals surface area contributed by atoms with Crippen LogP contribution in [0.25, 0.3) is 22.3 Å². The molecule has 9 heteroatoms. The van der Waals surface area contributed by atoms with Crippen LogP contribution in [-0.2, 0) is 11.3 Å². The molecule has 3 aromatic rings. The Morgan fingerprint density at radius 2 is 2.00 bits per heavy atom. The molecule has 0 aliphatic rings. The number of non-ortho nitro benzene ring substituents is 1. The number of fused-ring (bicyclic) bond motifs is 1. The van der Waals surface area contributed by atoms with Crippen molar-refractivity contribution in [1.29, 1.82) is 0 Å². The third-order valence-electron chi connectivity index (χ3n) is 4.08. The Bertz CT molecular complexity index is 1080. The second kappa shape index (κ2) is 7.85. The van der Waals surface area contributed by atoms with Crippen LogP contribution in [0.3, 0.4) is 0 Å². The van der Waals surface area contributed by atoms with Gasteiger partial charge < -0.3 is 9.47 Å². The molecule has 27 heavy (non-hydrogen) atoms. The summed E-state index contributed by atoms with van der Waals surface area (Å²) in [6.45, 7) is 0.562. The number of aromatic nitrogens is 2. The Hall–Kier alpha value is -2.78.